The largest absolute Gasteiger partial charge is 0.365 e. The number of non-ortho nitro benzene ring substituents is 1. The Hall–Kier alpha value is -3.53. The van der Waals surface area contributed by atoms with Gasteiger partial charge in [0.25, 0.3) is 11.4 Å². The molecule has 4 rings (SSSR count). The molecule has 0 amide bonds. The molecule has 0 saturated carbocycles. The molecule has 0 N–H and O–H groups in total. The van der Waals surface area contributed by atoms with Gasteiger partial charge in [-0.25, -0.2) is 0 Å². The summed E-state index contributed by atoms with van der Waals surface area (Å²) in [4.78, 5) is 27.5. The van der Waals surface area contributed by atoms with Gasteiger partial charge >= 0.3 is 0 Å². The molecule has 0 bridgehead atoms. The van der Waals surface area contributed by atoms with Gasteiger partial charge in [0.1, 0.15) is 5.69 Å². The van der Waals surface area contributed by atoms with Crippen LogP contribution in [-0.4, -0.2) is 33.1 Å². The Labute approximate surface area is 175 Å². The second-order valence-electron chi connectivity index (χ2n) is 6.94. The highest BCUT2D eigenvalue weighted by molar-refractivity contribution is 6.30. The van der Waals surface area contributed by atoms with Crippen molar-refractivity contribution < 1.29 is 14.4 Å². The zero-order valence-corrected chi connectivity index (χ0v) is 16.4. The van der Waals surface area contributed by atoms with Crippen LogP contribution in [0, 0.1) is 20.2 Å². The first kappa shape index (κ1) is 19.8. The molecule has 154 valence electrons. The van der Waals surface area contributed by atoms with Gasteiger partial charge in [-0.15, -0.1) is 0 Å². The first-order valence-electron chi connectivity index (χ1n) is 9.19. The highest BCUT2D eigenvalue weighted by atomic mass is 35.5. The van der Waals surface area contributed by atoms with Crippen LogP contribution in [0.2, 0.25) is 5.02 Å². The molecule has 2 heterocycles. The standard InChI is InChI=1S/C19H16ClN5O5/c20-14-5-3-12(4-6-14)18-21-19(30-22-18)13-2-1-9-23(11-13)16-8-7-15(24(26)27)10-17(16)25(28)29/h3-8,10,13H,1-2,9,11H2. The van der Waals surface area contributed by atoms with Crippen molar-refractivity contribution in [3.8, 4) is 11.4 Å². The maximum atomic E-state index is 11.5. The second-order valence-corrected chi connectivity index (χ2v) is 7.37. The highest BCUT2D eigenvalue weighted by Crippen LogP contribution is 2.36. The number of aromatic nitrogens is 2. The SMILES string of the molecule is O=[N+]([O-])c1ccc(N2CCCC(c3nc(-c4ccc(Cl)cc4)no3)C2)c([N+](=O)[O-])c1. The number of halogens is 1. The summed E-state index contributed by atoms with van der Waals surface area (Å²) < 4.78 is 5.46. The van der Waals surface area contributed by atoms with Gasteiger partial charge in [0.05, 0.1) is 21.8 Å². The van der Waals surface area contributed by atoms with Gasteiger partial charge < -0.3 is 9.42 Å². The first-order chi connectivity index (χ1) is 14.4. The number of piperidine rings is 1. The van der Waals surface area contributed by atoms with E-state index in [-0.39, 0.29) is 17.3 Å². The summed E-state index contributed by atoms with van der Waals surface area (Å²) in [5.41, 5.74) is 0.501. The third-order valence-corrected chi connectivity index (χ3v) is 5.27. The Morgan fingerprint density at radius 2 is 1.87 bits per heavy atom. The van der Waals surface area contributed by atoms with Crippen LogP contribution in [0.5, 0.6) is 0 Å². The number of anilines is 1. The van der Waals surface area contributed by atoms with E-state index in [1.807, 2.05) is 4.90 Å². The van der Waals surface area contributed by atoms with Crippen LogP contribution in [0.1, 0.15) is 24.7 Å². The zero-order chi connectivity index (χ0) is 21.3. The molecule has 1 atom stereocenters. The van der Waals surface area contributed by atoms with E-state index in [9.17, 15) is 20.2 Å². The lowest BCUT2D eigenvalue weighted by Gasteiger charge is -2.32. The highest BCUT2D eigenvalue weighted by Gasteiger charge is 2.30. The minimum Gasteiger partial charge on any atom is -0.365 e. The Morgan fingerprint density at radius 1 is 1.10 bits per heavy atom. The molecule has 10 nitrogen and oxygen atoms in total. The number of hydrogen-bond donors (Lipinski definition) is 0. The molecule has 1 fully saturated rings. The average molecular weight is 430 g/mol. The van der Waals surface area contributed by atoms with Gasteiger partial charge in [-0.2, -0.15) is 4.98 Å². The zero-order valence-electron chi connectivity index (χ0n) is 15.6. The van der Waals surface area contributed by atoms with Crippen LogP contribution < -0.4 is 4.90 Å². The fourth-order valence-corrected chi connectivity index (χ4v) is 3.68. The first-order valence-corrected chi connectivity index (χ1v) is 9.57. The molecule has 1 saturated heterocycles. The van der Waals surface area contributed by atoms with Crippen molar-refractivity contribution in [1.29, 1.82) is 0 Å². The topological polar surface area (TPSA) is 128 Å². The van der Waals surface area contributed by atoms with Crippen molar-refractivity contribution >= 4 is 28.7 Å². The van der Waals surface area contributed by atoms with E-state index >= 15 is 0 Å². The van der Waals surface area contributed by atoms with Crippen molar-refractivity contribution in [1.82, 2.24) is 10.1 Å². The van der Waals surface area contributed by atoms with Gasteiger partial charge in [-0.05, 0) is 43.2 Å². The van der Waals surface area contributed by atoms with Crippen molar-refractivity contribution in [2.24, 2.45) is 0 Å². The molecular formula is C19H16ClN5O5. The molecule has 0 radical (unpaired) electrons. The van der Waals surface area contributed by atoms with Crippen LogP contribution in [0.4, 0.5) is 17.1 Å². The van der Waals surface area contributed by atoms with E-state index in [0.717, 1.165) is 24.5 Å². The second kappa shape index (κ2) is 8.07. The fraction of sp³-hybridized carbons (Fsp3) is 0.263. The molecule has 1 aromatic heterocycles. The predicted molar refractivity (Wildman–Crippen MR) is 109 cm³/mol. The third-order valence-electron chi connectivity index (χ3n) is 5.02. The number of nitrogens with zero attached hydrogens (tertiary/aromatic N) is 5. The van der Waals surface area contributed by atoms with Crippen LogP contribution in [0.3, 0.4) is 0 Å². The molecule has 0 aliphatic carbocycles. The Morgan fingerprint density at radius 3 is 2.57 bits per heavy atom. The summed E-state index contributed by atoms with van der Waals surface area (Å²) in [6.07, 6.45) is 1.55. The van der Waals surface area contributed by atoms with Crippen LogP contribution in [0.15, 0.2) is 47.0 Å². The number of rotatable bonds is 5. The molecular weight excluding hydrogens is 414 g/mol. The quantitative estimate of drug-likeness (QED) is 0.425. The van der Waals surface area contributed by atoms with Crippen molar-refractivity contribution in [3.63, 3.8) is 0 Å². The van der Waals surface area contributed by atoms with Crippen LogP contribution in [-0.2, 0) is 0 Å². The lowest BCUT2D eigenvalue weighted by Crippen LogP contribution is -2.34. The van der Waals surface area contributed by atoms with Crippen molar-refractivity contribution in [2.45, 2.75) is 18.8 Å². The van der Waals surface area contributed by atoms with E-state index in [4.69, 9.17) is 16.1 Å². The number of benzene rings is 2. The Bertz CT molecular complexity index is 1100. The van der Waals surface area contributed by atoms with E-state index in [1.54, 1.807) is 24.3 Å². The molecule has 3 aromatic rings. The molecule has 30 heavy (non-hydrogen) atoms. The van der Waals surface area contributed by atoms with E-state index in [1.165, 1.54) is 12.1 Å². The number of nitro groups is 2. The molecule has 1 aliphatic heterocycles. The minimum atomic E-state index is -0.646. The van der Waals surface area contributed by atoms with Gasteiger partial charge in [0.15, 0.2) is 0 Å². The lowest BCUT2D eigenvalue weighted by molar-refractivity contribution is -0.393. The smallest absolute Gasteiger partial charge is 0.299 e. The molecule has 2 aromatic carbocycles. The summed E-state index contributed by atoms with van der Waals surface area (Å²) in [5, 5.41) is 27.1. The maximum absolute atomic E-state index is 11.5. The van der Waals surface area contributed by atoms with Gasteiger partial charge in [0, 0.05) is 29.7 Å². The van der Waals surface area contributed by atoms with Crippen LogP contribution >= 0.6 is 11.6 Å². The van der Waals surface area contributed by atoms with Gasteiger partial charge in [-0.1, -0.05) is 16.8 Å². The van der Waals surface area contributed by atoms with E-state index < -0.39 is 9.85 Å². The summed E-state index contributed by atoms with van der Waals surface area (Å²) in [7, 11) is 0. The van der Waals surface area contributed by atoms with Gasteiger partial charge in [-0.3, -0.25) is 20.2 Å². The molecule has 0 spiro atoms. The molecule has 1 aliphatic rings. The fourth-order valence-electron chi connectivity index (χ4n) is 3.55. The lowest BCUT2D eigenvalue weighted by atomic mass is 9.97. The monoisotopic (exact) mass is 429 g/mol. The normalized spacial score (nSPS) is 16.4. The Kier molecular flexibility index (Phi) is 5.32. The van der Waals surface area contributed by atoms with E-state index in [0.29, 0.717) is 35.5 Å². The van der Waals surface area contributed by atoms with Gasteiger partial charge in [0.2, 0.25) is 11.7 Å². The molecule has 1 unspecified atom stereocenters. The van der Waals surface area contributed by atoms with Crippen molar-refractivity contribution in [3.05, 3.63) is 73.6 Å². The number of nitro benzene ring substituents is 2. The summed E-state index contributed by atoms with van der Waals surface area (Å²) >= 11 is 5.91. The molecule has 11 heteroatoms. The van der Waals surface area contributed by atoms with E-state index in [2.05, 4.69) is 10.1 Å². The van der Waals surface area contributed by atoms with Crippen molar-refractivity contribution in [2.75, 3.05) is 18.0 Å². The summed E-state index contributed by atoms with van der Waals surface area (Å²) in [5.74, 6) is 0.788. The third kappa shape index (κ3) is 3.94. The maximum Gasteiger partial charge on any atom is 0.299 e. The minimum absolute atomic E-state index is 0.109. The summed E-state index contributed by atoms with van der Waals surface area (Å²) in [6, 6.07) is 10.8. The Balaban J connectivity index is 1.58. The average Bonchev–Trinajstić information content (AvgIpc) is 3.24. The number of hydrogen-bond acceptors (Lipinski definition) is 8. The summed E-state index contributed by atoms with van der Waals surface area (Å²) in [6.45, 7) is 1.02. The predicted octanol–water partition coefficient (Wildman–Crippen LogP) is 4.59. The van der Waals surface area contributed by atoms with Crippen LogP contribution in [0.25, 0.3) is 11.4 Å².